The summed E-state index contributed by atoms with van der Waals surface area (Å²) in [4.78, 5) is 20.3. The molecule has 0 aromatic heterocycles. The Morgan fingerprint density at radius 3 is 2.75 bits per heavy atom. The van der Waals surface area contributed by atoms with Gasteiger partial charge in [0.05, 0.1) is 12.3 Å². The van der Waals surface area contributed by atoms with Crippen molar-refractivity contribution in [3.05, 3.63) is 70.5 Å². The Morgan fingerprint density at radius 1 is 1.21 bits per heavy atom. The number of hydrogen-bond donors (Lipinski definition) is 0. The number of rotatable bonds is 6. The van der Waals surface area contributed by atoms with E-state index in [0.717, 1.165) is 24.8 Å². The van der Waals surface area contributed by atoms with Gasteiger partial charge in [-0.05, 0) is 36.6 Å². The van der Waals surface area contributed by atoms with Gasteiger partial charge in [0.1, 0.15) is 5.82 Å². The molecule has 146 valence electrons. The zero-order valence-corrected chi connectivity index (χ0v) is 16.2. The van der Waals surface area contributed by atoms with Crippen molar-refractivity contribution >= 4 is 23.2 Å². The van der Waals surface area contributed by atoms with Crippen molar-refractivity contribution in [3.8, 4) is 0 Å². The Kier molecular flexibility index (Phi) is 5.62. The molecule has 2 aromatic carbocycles. The SMILES string of the molecule is O=C(C1CCC1)N(Cc1cccc(Cl)c1)C[C@@H]1CC(c2ccccc2F)=NO1. The minimum absolute atomic E-state index is 0.0903. The number of nitrogens with zero attached hydrogens (tertiary/aromatic N) is 2. The molecule has 0 N–H and O–H groups in total. The van der Waals surface area contributed by atoms with Crippen molar-refractivity contribution in [2.45, 2.75) is 38.3 Å². The smallest absolute Gasteiger partial charge is 0.226 e. The lowest BCUT2D eigenvalue weighted by atomic mass is 9.84. The number of carbonyl (C=O) groups excluding carboxylic acids is 1. The molecule has 0 unspecified atom stereocenters. The second kappa shape index (κ2) is 8.31. The minimum Gasteiger partial charge on any atom is -0.390 e. The van der Waals surface area contributed by atoms with E-state index >= 15 is 0 Å². The number of halogens is 2. The lowest BCUT2D eigenvalue weighted by Crippen LogP contribution is -2.42. The predicted molar refractivity (Wildman–Crippen MR) is 107 cm³/mol. The molecule has 2 aromatic rings. The van der Waals surface area contributed by atoms with Gasteiger partial charge in [0.25, 0.3) is 0 Å². The Morgan fingerprint density at radius 2 is 2.04 bits per heavy atom. The predicted octanol–water partition coefficient (Wildman–Crippen LogP) is 4.80. The van der Waals surface area contributed by atoms with Crippen molar-refractivity contribution in [3.63, 3.8) is 0 Å². The average Bonchev–Trinajstić information content (AvgIpc) is 3.08. The van der Waals surface area contributed by atoms with E-state index in [9.17, 15) is 9.18 Å². The topological polar surface area (TPSA) is 41.9 Å². The second-order valence-corrected chi connectivity index (χ2v) is 7.86. The normalized spacial score (nSPS) is 18.9. The van der Waals surface area contributed by atoms with Crippen molar-refractivity contribution in [2.24, 2.45) is 11.1 Å². The molecule has 28 heavy (non-hydrogen) atoms. The van der Waals surface area contributed by atoms with Crippen molar-refractivity contribution in [1.82, 2.24) is 4.90 Å². The van der Waals surface area contributed by atoms with E-state index in [1.807, 2.05) is 29.2 Å². The molecule has 2 aliphatic rings. The molecular formula is C22H22ClFN2O2. The Bertz CT molecular complexity index is 898. The van der Waals surface area contributed by atoms with Crippen LogP contribution in [-0.2, 0) is 16.2 Å². The third kappa shape index (κ3) is 4.20. The first-order valence-corrected chi connectivity index (χ1v) is 9.99. The fraction of sp³-hybridized carbons (Fsp3) is 0.364. The largest absolute Gasteiger partial charge is 0.390 e. The van der Waals surface area contributed by atoms with Gasteiger partial charge in [0.2, 0.25) is 5.91 Å². The van der Waals surface area contributed by atoms with E-state index in [4.69, 9.17) is 16.4 Å². The number of benzene rings is 2. The molecule has 1 aliphatic heterocycles. The van der Waals surface area contributed by atoms with Gasteiger partial charge < -0.3 is 9.74 Å². The molecule has 1 atom stereocenters. The molecular weight excluding hydrogens is 379 g/mol. The molecule has 1 aliphatic carbocycles. The van der Waals surface area contributed by atoms with Crippen molar-refractivity contribution in [1.29, 1.82) is 0 Å². The number of amides is 1. The molecule has 1 saturated carbocycles. The Labute approximate surface area is 168 Å². The fourth-order valence-electron chi connectivity index (χ4n) is 3.63. The summed E-state index contributed by atoms with van der Waals surface area (Å²) in [5.74, 6) is -0.0754. The highest BCUT2D eigenvalue weighted by molar-refractivity contribution is 6.30. The average molecular weight is 401 g/mol. The molecule has 0 spiro atoms. The first-order valence-electron chi connectivity index (χ1n) is 9.61. The van der Waals surface area contributed by atoms with Crippen LogP contribution in [0, 0.1) is 11.7 Å². The Balaban J connectivity index is 1.45. The van der Waals surface area contributed by atoms with E-state index in [1.165, 1.54) is 6.07 Å². The summed E-state index contributed by atoms with van der Waals surface area (Å²) in [5.41, 5.74) is 2.02. The lowest BCUT2D eigenvalue weighted by molar-refractivity contribution is -0.140. The molecule has 1 amide bonds. The third-order valence-corrected chi connectivity index (χ3v) is 5.61. The first kappa shape index (κ1) is 18.9. The highest BCUT2D eigenvalue weighted by Crippen LogP contribution is 2.30. The highest BCUT2D eigenvalue weighted by atomic mass is 35.5. The van der Waals surface area contributed by atoms with Crippen LogP contribution in [0.3, 0.4) is 0 Å². The molecule has 4 nitrogen and oxygen atoms in total. The molecule has 0 radical (unpaired) electrons. The van der Waals surface area contributed by atoms with Gasteiger partial charge >= 0.3 is 0 Å². The van der Waals surface area contributed by atoms with Crippen LogP contribution in [0.25, 0.3) is 0 Å². The summed E-state index contributed by atoms with van der Waals surface area (Å²) in [6, 6.07) is 14.1. The summed E-state index contributed by atoms with van der Waals surface area (Å²) in [7, 11) is 0. The molecule has 0 saturated heterocycles. The van der Waals surface area contributed by atoms with E-state index in [-0.39, 0.29) is 23.7 Å². The number of carbonyl (C=O) groups is 1. The van der Waals surface area contributed by atoms with E-state index in [0.29, 0.717) is 35.8 Å². The van der Waals surface area contributed by atoms with Gasteiger partial charge in [0, 0.05) is 29.5 Å². The van der Waals surface area contributed by atoms with Crippen LogP contribution in [-0.4, -0.2) is 29.2 Å². The zero-order chi connectivity index (χ0) is 19.5. The van der Waals surface area contributed by atoms with Crippen LogP contribution in [0.4, 0.5) is 4.39 Å². The maximum Gasteiger partial charge on any atom is 0.226 e. The lowest BCUT2D eigenvalue weighted by Gasteiger charge is -2.32. The van der Waals surface area contributed by atoms with E-state index in [1.54, 1.807) is 18.2 Å². The monoisotopic (exact) mass is 400 g/mol. The van der Waals surface area contributed by atoms with E-state index in [2.05, 4.69) is 5.16 Å². The summed E-state index contributed by atoms with van der Waals surface area (Å²) in [5, 5.41) is 4.73. The van der Waals surface area contributed by atoms with Crippen LogP contribution in [0.2, 0.25) is 5.02 Å². The van der Waals surface area contributed by atoms with Crippen LogP contribution >= 0.6 is 11.6 Å². The molecule has 6 heteroatoms. The number of hydrogen-bond acceptors (Lipinski definition) is 3. The minimum atomic E-state index is -0.313. The van der Waals surface area contributed by atoms with Crippen molar-refractivity contribution < 1.29 is 14.0 Å². The summed E-state index contributed by atoms with van der Waals surface area (Å²) in [6.07, 6.45) is 3.17. The second-order valence-electron chi connectivity index (χ2n) is 7.43. The quantitative estimate of drug-likeness (QED) is 0.698. The van der Waals surface area contributed by atoms with Crippen LogP contribution in [0.5, 0.6) is 0 Å². The highest BCUT2D eigenvalue weighted by Gasteiger charge is 2.33. The van der Waals surface area contributed by atoms with Crippen LogP contribution in [0.15, 0.2) is 53.7 Å². The summed E-state index contributed by atoms with van der Waals surface area (Å²) >= 11 is 6.10. The van der Waals surface area contributed by atoms with Crippen molar-refractivity contribution in [2.75, 3.05) is 6.54 Å². The van der Waals surface area contributed by atoms with E-state index < -0.39 is 0 Å². The summed E-state index contributed by atoms with van der Waals surface area (Å²) in [6.45, 7) is 0.897. The maximum atomic E-state index is 14.0. The first-order chi connectivity index (χ1) is 13.6. The Hall–Kier alpha value is -2.40. The van der Waals surface area contributed by atoms with Gasteiger partial charge in [-0.25, -0.2) is 4.39 Å². The number of oxime groups is 1. The van der Waals surface area contributed by atoms with Crippen LogP contribution < -0.4 is 0 Å². The molecule has 4 rings (SSSR count). The molecule has 0 bridgehead atoms. The van der Waals surface area contributed by atoms with Crippen LogP contribution in [0.1, 0.15) is 36.8 Å². The fourth-order valence-corrected chi connectivity index (χ4v) is 3.84. The van der Waals surface area contributed by atoms with Gasteiger partial charge in [-0.3, -0.25) is 4.79 Å². The van der Waals surface area contributed by atoms with Gasteiger partial charge in [-0.1, -0.05) is 53.5 Å². The van der Waals surface area contributed by atoms with Gasteiger partial charge in [-0.2, -0.15) is 0 Å². The van der Waals surface area contributed by atoms with Gasteiger partial charge in [-0.15, -0.1) is 0 Å². The zero-order valence-electron chi connectivity index (χ0n) is 15.5. The maximum absolute atomic E-state index is 14.0. The van der Waals surface area contributed by atoms with Gasteiger partial charge in [0.15, 0.2) is 6.10 Å². The molecule has 1 heterocycles. The third-order valence-electron chi connectivity index (χ3n) is 5.37. The summed E-state index contributed by atoms with van der Waals surface area (Å²) < 4.78 is 14.0. The molecule has 1 fully saturated rings. The standard InChI is InChI=1S/C22H22ClFN2O2/c23-17-8-3-5-15(11-17)13-26(22(27)16-6-4-7-16)14-18-12-21(25-28-18)19-9-1-2-10-20(19)24/h1-3,5,8-11,16,18H,4,6-7,12-14H2/t18-/m0/s1.